The third-order valence-corrected chi connectivity index (χ3v) is 2.21. The van der Waals surface area contributed by atoms with Crippen LogP contribution in [0.25, 0.3) is 0 Å². The third kappa shape index (κ3) is 3.24. The molecule has 1 aromatic carbocycles. The van der Waals surface area contributed by atoms with Crippen molar-refractivity contribution in [1.29, 1.82) is 0 Å². The Bertz CT molecular complexity index is 380. The Balaban J connectivity index is 3.04. The van der Waals surface area contributed by atoms with Crippen molar-refractivity contribution in [2.75, 3.05) is 0 Å². The number of benzene rings is 1. The third-order valence-electron chi connectivity index (χ3n) is 2.21. The summed E-state index contributed by atoms with van der Waals surface area (Å²) < 4.78 is 5.06. The van der Waals surface area contributed by atoms with Crippen LogP contribution < -0.4 is 4.74 Å². The van der Waals surface area contributed by atoms with Gasteiger partial charge in [-0.3, -0.25) is 4.79 Å². The Hall–Kier alpha value is -1.57. The van der Waals surface area contributed by atoms with E-state index >= 15 is 0 Å². The van der Waals surface area contributed by atoms with Crippen molar-refractivity contribution >= 4 is 5.97 Å². The van der Waals surface area contributed by atoms with E-state index in [0.29, 0.717) is 5.75 Å². The summed E-state index contributed by atoms with van der Waals surface area (Å²) in [6.45, 7) is 9.18. The number of allylic oxidation sites excluding steroid dienone is 1. The van der Waals surface area contributed by atoms with Crippen LogP contribution in [-0.4, -0.2) is 5.97 Å². The maximum Gasteiger partial charge on any atom is 0.308 e. The molecular weight excluding hydrogens is 188 g/mol. The molecule has 0 saturated heterocycles. The first kappa shape index (κ1) is 11.5. The van der Waals surface area contributed by atoms with E-state index in [9.17, 15) is 4.79 Å². The molecule has 0 saturated carbocycles. The van der Waals surface area contributed by atoms with Crippen molar-refractivity contribution in [1.82, 2.24) is 0 Å². The summed E-state index contributed by atoms with van der Waals surface area (Å²) in [4.78, 5) is 10.8. The highest BCUT2D eigenvalue weighted by Gasteiger charge is 2.05. The topological polar surface area (TPSA) is 26.3 Å². The molecule has 0 spiro atoms. The molecule has 0 N–H and O–H groups in total. The van der Waals surface area contributed by atoms with E-state index < -0.39 is 0 Å². The summed E-state index contributed by atoms with van der Waals surface area (Å²) in [6.07, 6.45) is 1.87. The van der Waals surface area contributed by atoms with E-state index in [1.54, 1.807) is 0 Å². The standard InChI is InChI=1S/C13H16O2/c1-5-10(3)12-6-9(2)7-13(8-12)15-11(4)14/h5-8,10H,1H2,2-4H3. The Kier molecular flexibility index (Phi) is 3.67. The SMILES string of the molecule is C=CC(C)c1cc(C)cc(OC(C)=O)c1. The molecule has 0 fully saturated rings. The molecule has 1 unspecified atom stereocenters. The Morgan fingerprint density at radius 3 is 2.67 bits per heavy atom. The lowest BCUT2D eigenvalue weighted by atomic mass is 9.99. The zero-order chi connectivity index (χ0) is 11.4. The summed E-state index contributed by atoms with van der Waals surface area (Å²) in [7, 11) is 0. The summed E-state index contributed by atoms with van der Waals surface area (Å²) in [5.74, 6) is 0.572. The maximum atomic E-state index is 10.8. The van der Waals surface area contributed by atoms with E-state index in [4.69, 9.17) is 4.74 Å². The van der Waals surface area contributed by atoms with Gasteiger partial charge in [0.1, 0.15) is 5.75 Å². The largest absolute Gasteiger partial charge is 0.427 e. The quantitative estimate of drug-likeness (QED) is 0.429. The van der Waals surface area contributed by atoms with Crippen LogP contribution in [-0.2, 0) is 4.79 Å². The highest BCUT2D eigenvalue weighted by atomic mass is 16.5. The zero-order valence-corrected chi connectivity index (χ0v) is 9.41. The van der Waals surface area contributed by atoms with Gasteiger partial charge in [0.05, 0.1) is 0 Å². The average Bonchev–Trinajstić information content (AvgIpc) is 2.14. The summed E-state index contributed by atoms with van der Waals surface area (Å²) in [5.41, 5.74) is 2.19. The van der Waals surface area contributed by atoms with Crippen LogP contribution in [0.1, 0.15) is 30.9 Å². The Morgan fingerprint density at radius 1 is 1.47 bits per heavy atom. The van der Waals surface area contributed by atoms with Gasteiger partial charge in [0.25, 0.3) is 0 Å². The highest BCUT2D eigenvalue weighted by molar-refractivity contribution is 5.69. The lowest BCUT2D eigenvalue weighted by Crippen LogP contribution is -2.02. The van der Waals surface area contributed by atoms with Crippen molar-refractivity contribution in [2.24, 2.45) is 0 Å². The lowest BCUT2D eigenvalue weighted by Gasteiger charge is -2.10. The summed E-state index contributed by atoms with van der Waals surface area (Å²) in [5, 5.41) is 0. The number of esters is 1. The molecule has 0 aliphatic carbocycles. The maximum absolute atomic E-state index is 10.8. The molecule has 2 heteroatoms. The first-order valence-corrected chi connectivity index (χ1v) is 4.95. The number of aryl methyl sites for hydroxylation is 1. The molecule has 0 amide bonds. The minimum atomic E-state index is -0.294. The molecule has 0 radical (unpaired) electrons. The fourth-order valence-corrected chi connectivity index (χ4v) is 1.40. The molecule has 2 nitrogen and oxygen atoms in total. The second-order valence-corrected chi connectivity index (χ2v) is 3.70. The van der Waals surface area contributed by atoms with Gasteiger partial charge in [-0.15, -0.1) is 6.58 Å². The number of ether oxygens (including phenoxy) is 1. The summed E-state index contributed by atoms with van der Waals surface area (Å²) >= 11 is 0. The van der Waals surface area contributed by atoms with Gasteiger partial charge in [-0.1, -0.05) is 19.1 Å². The smallest absolute Gasteiger partial charge is 0.308 e. The van der Waals surface area contributed by atoms with Crippen LogP contribution in [0.4, 0.5) is 0 Å². The first-order valence-electron chi connectivity index (χ1n) is 4.95. The van der Waals surface area contributed by atoms with Gasteiger partial charge in [0.2, 0.25) is 0 Å². The van der Waals surface area contributed by atoms with E-state index in [0.717, 1.165) is 11.1 Å². The average molecular weight is 204 g/mol. The fourth-order valence-electron chi connectivity index (χ4n) is 1.40. The molecule has 1 atom stereocenters. The molecule has 0 aliphatic rings. The van der Waals surface area contributed by atoms with E-state index in [1.165, 1.54) is 6.92 Å². The van der Waals surface area contributed by atoms with Crippen LogP contribution in [0.3, 0.4) is 0 Å². The number of carbonyl (C=O) groups excluding carboxylic acids is 1. The van der Waals surface area contributed by atoms with Crippen LogP contribution in [0.5, 0.6) is 5.75 Å². The Labute approximate surface area is 90.6 Å². The predicted octanol–water partition coefficient (Wildman–Crippen LogP) is 3.21. The fraction of sp³-hybridized carbons (Fsp3) is 0.308. The van der Waals surface area contributed by atoms with Gasteiger partial charge >= 0.3 is 5.97 Å². The molecule has 0 aromatic heterocycles. The number of carbonyl (C=O) groups is 1. The van der Waals surface area contributed by atoms with Gasteiger partial charge in [0, 0.05) is 6.92 Å². The van der Waals surface area contributed by atoms with E-state index in [1.807, 2.05) is 25.1 Å². The highest BCUT2D eigenvalue weighted by Crippen LogP contribution is 2.23. The van der Waals surface area contributed by atoms with Crippen molar-refractivity contribution in [3.8, 4) is 5.75 Å². The van der Waals surface area contributed by atoms with Crippen LogP contribution in [0, 0.1) is 6.92 Å². The van der Waals surface area contributed by atoms with Crippen molar-refractivity contribution in [3.63, 3.8) is 0 Å². The van der Waals surface area contributed by atoms with Gasteiger partial charge in [-0.25, -0.2) is 0 Å². The van der Waals surface area contributed by atoms with Gasteiger partial charge in [-0.2, -0.15) is 0 Å². The van der Waals surface area contributed by atoms with Crippen molar-refractivity contribution in [3.05, 3.63) is 42.0 Å². The monoisotopic (exact) mass is 204 g/mol. The molecule has 0 bridgehead atoms. The molecular formula is C13H16O2. The second kappa shape index (κ2) is 4.78. The minimum Gasteiger partial charge on any atom is -0.427 e. The van der Waals surface area contributed by atoms with Gasteiger partial charge in [-0.05, 0) is 36.1 Å². The second-order valence-electron chi connectivity index (χ2n) is 3.70. The molecule has 0 aliphatic heterocycles. The van der Waals surface area contributed by atoms with Gasteiger partial charge < -0.3 is 4.74 Å². The summed E-state index contributed by atoms with van der Waals surface area (Å²) in [6, 6.07) is 5.79. The van der Waals surface area contributed by atoms with Crippen LogP contribution in [0.15, 0.2) is 30.9 Å². The van der Waals surface area contributed by atoms with Crippen LogP contribution >= 0.6 is 0 Å². The van der Waals surface area contributed by atoms with Crippen molar-refractivity contribution < 1.29 is 9.53 Å². The van der Waals surface area contributed by atoms with Crippen molar-refractivity contribution in [2.45, 2.75) is 26.7 Å². The molecule has 1 aromatic rings. The number of rotatable bonds is 3. The molecule has 1 rings (SSSR count). The molecule has 15 heavy (non-hydrogen) atoms. The first-order chi connectivity index (χ1) is 7.02. The molecule has 0 heterocycles. The van der Waals surface area contributed by atoms with E-state index in [-0.39, 0.29) is 11.9 Å². The molecule has 80 valence electrons. The number of hydrogen-bond donors (Lipinski definition) is 0. The van der Waals surface area contributed by atoms with Crippen LogP contribution in [0.2, 0.25) is 0 Å². The number of hydrogen-bond acceptors (Lipinski definition) is 2. The zero-order valence-electron chi connectivity index (χ0n) is 9.41. The van der Waals surface area contributed by atoms with E-state index in [2.05, 4.69) is 19.6 Å². The lowest BCUT2D eigenvalue weighted by molar-refractivity contribution is -0.131. The minimum absolute atomic E-state index is 0.263. The predicted molar refractivity (Wildman–Crippen MR) is 61.1 cm³/mol. The normalized spacial score (nSPS) is 11.9. The Morgan fingerprint density at radius 2 is 2.13 bits per heavy atom. The van der Waals surface area contributed by atoms with Gasteiger partial charge in [0.15, 0.2) is 0 Å².